The zero-order valence-corrected chi connectivity index (χ0v) is 14.1. The predicted octanol–water partition coefficient (Wildman–Crippen LogP) is 3.19. The highest BCUT2D eigenvalue weighted by Crippen LogP contribution is 2.22. The number of aryl methyl sites for hydroxylation is 2. The van der Waals surface area contributed by atoms with Crippen LogP contribution in [0.1, 0.15) is 40.7 Å². The smallest absolute Gasteiger partial charge is 0.253 e. The number of carbonyl (C=O) groups is 1. The van der Waals surface area contributed by atoms with Gasteiger partial charge in [-0.15, -0.1) is 12.4 Å². The van der Waals surface area contributed by atoms with Crippen molar-refractivity contribution in [3.63, 3.8) is 0 Å². The third-order valence-corrected chi connectivity index (χ3v) is 4.17. The lowest BCUT2D eigenvalue weighted by atomic mass is 9.93. The molecule has 0 spiro atoms. The fraction of sp³-hybridized carbons (Fsp3) is 0.588. The Morgan fingerprint density at radius 2 is 1.76 bits per heavy atom. The van der Waals surface area contributed by atoms with Gasteiger partial charge in [-0.25, -0.2) is 0 Å². The van der Waals surface area contributed by atoms with E-state index in [1.165, 1.54) is 6.42 Å². The Kier molecular flexibility index (Phi) is 7.20. The van der Waals surface area contributed by atoms with Crippen molar-refractivity contribution in [2.24, 2.45) is 5.92 Å². The van der Waals surface area contributed by atoms with Crippen LogP contribution in [0.5, 0.6) is 0 Å². The van der Waals surface area contributed by atoms with Gasteiger partial charge < -0.3 is 10.2 Å². The van der Waals surface area contributed by atoms with E-state index in [9.17, 15) is 4.79 Å². The molecule has 1 saturated heterocycles. The molecule has 1 N–H and O–H groups in total. The highest BCUT2D eigenvalue weighted by molar-refractivity contribution is 5.94. The average Bonchev–Trinajstić information content (AvgIpc) is 2.44. The molecule has 4 heteroatoms. The van der Waals surface area contributed by atoms with E-state index in [1.807, 2.05) is 37.9 Å². The topological polar surface area (TPSA) is 32.3 Å². The number of nitrogens with zero attached hydrogens (tertiary/aromatic N) is 1. The number of hydrogen-bond donors (Lipinski definition) is 1. The van der Waals surface area contributed by atoms with Gasteiger partial charge in [0.25, 0.3) is 5.91 Å². The highest BCUT2D eigenvalue weighted by Gasteiger charge is 2.23. The van der Waals surface area contributed by atoms with Gasteiger partial charge in [-0.2, -0.15) is 0 Å². The van der Waals surface area contributed by atoms with Crippen molar-refractivity contribution in [2.75, 3.05) is 26.7 Å². The number of nitrogens with one attached hydrogen (secondary N) is 1. The molecule has 1 amide bonds. The largest absolute Gasteiger partial charge is 0.339 e. The van der Waals surface area contributed by atoms with Gasteiger partial charge in [-0.1, -0.05) is 17.2 Å². The summed E-state index contributed by atoms with van der Waals surface area (Å²) in [4.78, 5) is 14.6. The van der Waals surface area contributed by atoms with Crippen molar-refractivity contribution in [3.05, 3.63) is 34.9 Å². The molecule has 1 aliphatic heterocycles. The van der Waals surface area contributed by atoms with Crippen molar-refractivity contribution in [2.45, 2.75) is 33.1 Å². The van der Waals surface area contributed by atoms with Crippen LogP contribution in [0.2, 0.25) is 0 Å². The second kappa shape index (κ2) is 8.40. The van der Waals surface area contributed by atoms with Crippen molar-refractivity contribution in [1.82, 2.24) is 10.2 Å². The highest BCUT2D eigenvalue weighted by atomic mass is 35.5. The molecular formula is C17H27ClN2O. The normalized spacial score (nSPS) is 15.7. The molecule has 0 atom stereocenters. The summed E-state index contributed by atoms with van der Waals surface area (Å²) in [5.41, 5.74) is 3.17. The minimum absolute atomic E-state index is 0. The first kappa shape index (κ1) is 18.0. The number of carbonyl (C=O) groups excluding carboxylic acids is 1. The summed E-state index contributed by atoms with van der Waals surface area (Å²) in [7, 11) is 2.00. The van der Waals surface area contributed by atoms with Gasteiger partial charge in [0.05, 0.1) is 0 Å². The van der Waals surface area contributed by atoms with E-state index in [0.717, 1.165) is 55.1 Å². The van der Waals surface area contributed by atoms with E-state index in [-0.39, 0.29) is 18.3 Å². The lowest BCUT2D eigenvalue weighted by Crippen LogP contribution is -2.39. The Morgan fingerprint density at radius 3 is 2.29 bits per heavy atom. The van der Waals surface area contributed by atoms with Crippen LogP contribution in [0.15, 0.2) is 18.2 Å². The summed E-state index contributed by atoms with van der Waals surface area (Å²) in [6.45, 7) is 6.98. The lowest BCUT2D eigenvalue weighted by Gasteiger charge is -2.32. The maximum Gasteiger partial charge on any atom is 0.253 e. The van der Waals surface area contributed by atoms with Crippen LogP contribution in [0, 0.1) is 19.8 Å². The van der Waals surface area contributed by atoms with E-state index in [4.69, 9.17) is 0 Å². The number of rotatable bonds is 4. The number of hydrogen-bond acceptors (Lipinski definition) is 2. The van der Waals surface area contributed by atoms with Crippen molar-refractivity contribution >= 4 is 18.3 Å². The van der Waals surface area contributed by atoms with Crippen LogP contribution in [0.3, 0.4) is 0 Å². The molecular weight excluding hydrogens is 284 g/mol. The maximum absolute atomic E-state index is 12.5. The lowest BCUT2D eigenvalue weighted by molar-refractivity contribution is 0.0687. The van der Waals surface area contributed by atoms with Gasteiger partial charge in [0.2, 0.25) is 0 Å². The van der Waals surface area contributed by atoms with Gasteiger partial charge in [-0.3, -0.25) is 4.79 Å². The molecule has 1 heterocycles. The first-order chi connectivity index (χ1) is 9.60. The number of piperidine rings is 1. The Bertz CT molecular complexity index is 448. The zero-order chi connectivity index (χ0) is 14.5. The van der Waals surface area contributed by atoms with Gasteiger partial charge in [0.1, 0.15) is 0 Å². The van der Waals surface area contributed by atoms with Gasteiger partial charge in [0, 0.05) is 18.7 Å². The summed E-state index contributed by atoms with van der Waals surface area (Å²) in [5, 5.41) is 3.21. The molecule has 3 nitrogen and oxygen atoms in total. The summed E-state index contributed by atoms with van der Waals surface area (Å²) in [6.07, 6.45) is 3.50. The zero-order valence-electron chi connectivity index (χ0n) is 13.3. The van der Waals surface area contributed by atoms with Gasteiger partial charge in [0.15, 0.2) is 0 Å². The van der Waals surface area contributed by atoms with E-state index in [2.05, 4.69) is 11.4 Å². The molecule has 118 valence electrons. The minimum Gasteiger partial charge on any atom is -0.339 e. The van der Waals surface area contributed by atoms with Crippen LogP contribution < -0.4 is 5.32 Å². The van der Waals surface area contributed by atoms with Gasteiger partial charge >= 0.3 is 0 Å². The van der Waals surface area contributed by atoms with E-state index in [1.54, 1.807) is 0 Å². The van der Waals surface area contributed by atoms with Crippen molar-refractivity contribution in [1.29, 1.82) is 0 Å². The van der Waals surface area contributed by atoms with Crippen molar-refractivity contribution in [3.8, 4) is 0 Å². The van der Waals surface area contributed by atoms with Crippen molar-refractivity contribution < 1.29 is 4.79 Å². The number of likely N-dealkylation sites (tertiary alicyclic amines) is 1. The summed E-state index contributed by atoms with van der Waals surface area (Å²) >= 11 is 0. The van der Waals surface area contributed by atoms with Crippen LogP contribution in [0.25, 0.3) is 0 Å². The molecule has 1 fully saturated rings. The first-order valence-corrected chi connectivity index (χ1v) is 7.62. The van der Waals surface area contributed by atoms with E-state index < -0.39 is 0 Å². The van der Waals surface area contributed by atoms with Crippen LogP contribution in [-0.4, -0.2) is 37.5 Å². The molecule has 0 saturated carbocycles. The van der Waals surface area contributed by atoms with E-state index >= 15 is 0 Å². The molecule has 0 aliphatic carbocycles. The summed E-state index contributed by atoms with van der Waals surface area (Å²) in [5.74, 6) is 0.967. The predicted molar refractivity (Wildman–Crippen MR) is 90.3 cm³/mol. The molecule has 1 aliphatic rings. The molecule has 21 heavy (non-hydrogen) atoms. The quantitative estimate of drug-likeness (QED) is 0.926. The molecule has 1 aromatic carbocycles. The fourth-order valence-corrected chi connectivity index (χ4v) is 3.05. The molecule has 2 rings (SSSR count). The summed E-state index contributed by atoms with van der Waals surface area (Å²) < 4.78 is 0. The molecule has 0 unspecified atom stereocenters. The Balaban J connectivity index is 0.00000220. The first-order valence-electron chi connectivity index (χ1n) is 7.62. The second-order valence-corrected chi connectivity index (χ2v) is 6.00. The minimum atomic E-state index is 0. The maximum atomic E-state index is 12.5. The monoisotopic (exact) mass is 310 g/mol. The Labute approximate surface area is 134 Å². The standard InChI is InChI=1S/C17H26N2O.ClH/c1-13-10-14(2)12-16(11-13)17(20)19-8-5-15(6-9-19)4-7-18-3;/h10-12,15,18H,4-9H2,1-3H3;1H. The molecule has 0 radical (unpaired) electrons. The van der Waals surface area contributed by atoms with Crippen LogP contribution >= 0.6 is 12.4 Å². The fourth-order valence-electron chi connectivity index (χ4n) is 3.05. The molecule has 1 aromatic rings. The third kappa shape index (κ3) is 5.01. The molecule has 0 aromatic heterocycles. The van der Waals surface area contributed by atoms with E-state index in [0.29, 0.717) is 0 Å². The number of amides is 1. The van der Waals surface area contributed by atoms with Gasteiger partial charge in [-0.05, 0) is 64.8 Å². The Morgan fingerprint density at radius 1 is 1.19 bits per heavy atom. The number of halogens is 1. The SMILES string of the molecule is CNCCC1CCN(C(=O)c2cc(C)cc(C)c2)CC1.Cl. The molecule has 0 bridgehead atoms. The second-order valence-electron chi connectivity index (χ2n) is 6.00. The third-order valence-electron chi connectivity index (χ3n) is 4.17. The average molecular weight is 311 g/mol. The van der Waals surface area contributed by atoms with Crippen LogP contribution in [-0.2, 0) is 0 Å². The summed E-state index contributed by atoms with van der Waals surface area (Å²) in [6, 6.07) is 6.12. The number of benzene rings is 1. The Hall–Kier alpha value is -1.06. The van der Waals surface area contributed by atoms with Crippen LogP contribution in [0.4, 0.5) is 0 Å².